The largest absolute Gasteiger partial charge is 0.481 e. The van der Waals surface area contributed by atoms with Crippen LogP contribution < -0.4 is 5.32 Å². The number of hydrogen-bond donors (Lipinski definition) is 2. The number of rotatable bonds is 9. The predicted molar refractivity (Wildman–Crippen MR) is 85.9 cm³/mol. The standard InChI is InChI=1S/C16H25NO9/c1-9(18)17-15-13(25-11(3)20)7-12(8-24-10(2)19)26-16(15)23-6-4-5-14(21)22/h12-13,15-16H,4-8H2,1-3H3,(H,17,18)(H,21,22). The molecule has 0 aromatic carbocycles. The molecular weight excluding hydrogens is 350 g/mol. The van der Waals surface area contributed by atoms with Crippen LogP contribution in [-0.4, -0.2) is 66.7 Å². The SMILES string of the molecule is CC(=O)NC1C(OC(C)=O)CC(COC(C)=O)OC1OCCCC(=O)O. The molecule has 0 saturated carbocycles. The highest BCUT2D eigenvalue weighted by molar-refractivity contribution is 5.73. The van der Waals surface area contributed by atoms with E-state index in [4.69, 9.17) is 24.1 Å². The summed E-state index contributed by atoms with van der Waals surface area (Å²) in [5.41, 5.74) is 0. The van der Waals surface area contributed by atoms with Crippen molar-refractivity contribution in [2.45, 2.75) is 64.6 Å². The Hall–Kier alpha value is -2.20. The van der Waals surface area contributed by atoms with Crippen LogP contribution in [0.5, 0.6) is 0 Å². The molecule has 1 aliphatic rings. The summed E-state index contributed by atoms with van der Waals surface area (Å²) in [5, 5.41) is 11.3. The lowest BCUT2D eigenvalue weighted by atomic mass is 9.99. The maximum Gasteiger partial charge on any atom is 0.303 e. The second-order valence-electron chi connectivity index (χ2n) is 5.91. The molecule has 0 aromatic heterocycles. The lowest BCUT2D eigenvalue weighted by Gasteiger charge is -2.40. The minimum atomic E-state index is -0.980. The van der Waals surface area contributed by atoms with E-state index in [0.29, 0.717) is 0 Å². The molecule has 148 valence electrons. The van der Waals surface area contributed by atoms with Gasteiger partial charge in [-0.2, -0.15) is 0 Å². The van der Waals surface area contributed by atoms with Gasteiger partial charge in [-0.05, 0) is 6.42 Å². The number of amides is 1. The van der Waals surface area contributed by atoms with Crippen molar-refractivity contribution in [2.24, 2.45) is 0 Å². The van der Waals surface area contributed by atoms with E-state index in [0.717, 1.165) is 0 Å². The molecule has 10 heteroatoms. The molecular formula is C16H25NO9. The summed E-state index contributed by atoms with van der Waals surface area (Å²) in [6, 6.07) is -0.769. The molecule has 0 bridgehead atoms. The van der Waals surface area contributed by atoms with Crippen molar-refractivity contribution in [3.05, 3.63) is 0 Å². The maximum absolute atomic E-state index is 11.5. The number of carbonyl (C=O) groups excluding carboxylic acids is 3. The van der Waals surface area contributed by atoms with Gasteiger partial charge in [-0.3, -0.25) is 19.2 Å². The summed E-state index contributed by atoms with van der Waals surface area (Å²) in [6.07, 6.45) is -1.96. The Labute approximate surface area is 151 Å². The number of nitrogens with one attached hydrogen (secondary N) is 1. The van der Waals surface area contributed by atoms with E-state index in [1.165, 1.54) is 20.8 Å². The van der Waals surface area contributed by atoms with Crippen LogP contribution in [0.2, 0.25) is 0 Å². The van der Waals surface area contributed by atoms with Crippen molar-refractivity contribution in [2.75, 3.05) is 13.2 Å². The molecule has 0 aliphatic carbocycles. The zero-order valence-corrected chi connectivity index (χ0v) is 15.1. The zero-order valence-electron chi connectivity index (χ0n) is 15.1. The first-order chi connectivity index (χ1) is 12.2. The topological polar surface area (TPSA) is 137 Å². The van der Waals surface area contributed by atoms with E-state index in [9.17, 15) is 19.2 Å². The Morgan fingerprint density at radius 1 is 1.15 bits per heavy atom. The lowest BCUT2D eigenvalue weighted by molar-refractivity contribution is -0.243. The second kappa shape index (κ2) is 10.7. The summed E-state index contributed by atoms with van der Waals surface area (Å²) in [5.74, 6) is -2.35. The number of hydrogen-bond acceptors (Lipinski definition) is 8. The average Bonchev–Trinajstić information content (AvgIpc) is 2.51. The third-order valence-electron chi connectivity index (χ3n) is 3.49. The van der Waals surface area contributed by atoms with Gasteiger partial charge in [0, 0.05) is 33.6 Å². The van der Waals surface area contributed by atoms with Crippen LogP contribution in [0, 0.1) is 0 Å². The van der Waals surface area contributed by atoms with Crippen LogP contribution in [0.3, 0.4) is 0 Å². The minimum Gasteiger partial charge on any atom is -0.481 e. The Balaban J connectivity index is 2.82. The van der Waals surface area contributed by atoms with Gasteiger partial charge >= 0.3 is 17.9 Å². The summed E-state index contributed by atoms with van der Waals surface area (Å²) in [6.45, 7) is 3.81. The highest BCUT2D eigenvalue weighted by atomic mass is 16.7. The fraction of sp³-hybridized carbons (Fsp3) is 0.750. The summed E-state index contributed by atoms with van der Waals surface area (Å²) < 4.78 is 21.5. The van der Waals surface area contributed by atoms with Crippen LogP contribution in [0.15, 0.2) is 0 Å². The van der Waals surface area contributed by atoms with E-state index in [2.05, 4.69) is 5.32 Å². The molecule has 0 aromatic rings. The predicted octanol–water partition coefficient (Wildman–Crippen LogP) is -0.0177. The average molecular weight is 375 g/mol. The molecule has 1 saturated heterocycles. The van der Waals surface area contributed by atoms with E-state index in [1.54, 1.807) is 0 Å². The number of aliphatic carboxylic acids is 1. The van der Waals surface area contributed by atoms with Crippen molar-refractivity contribution in [3.8, 4) is 0 Å². The van der Waals surface area contributed by atoms with Crippen molar-refractivity contribution < 1.29 is 43.2 Å². The Kier molecular flexibility index (Phi) is 9.00. The molecule has 26 heavy (non-hydrogen) atoms. The molecule has 4 unspecified atom stereocenters. The molecule has 0 spiro atoms. The van der Waals surface area contributed by atoms with Crippen LogP contribution >= 0.6 is 0 Å². The highest BCUT2D eigenvalue weighted by Crippen LogP contribution is 2.25. The van der Waals surface area contributed by atoms with Gasteiger partial charge in [0.1, 0.15) is 18.8 Å². The van der Waals surface area contributed by atoms with Crippen molar-refractivity contribution in [1.29, 1.82) is 0 Å². The van der Waals surface area contributed by atoms with Crippen molar-refractivity contribution >= 4 is 23.8 Å². The normalized spacial score (nSPS) is 25.2. The number of carboxylic acids is 1. The quantitative estimate of drug-likeness (QED) is 0.421. The van der Waals surface area contributed by atoms with E-state index in [-0.39, 0.29) is 38.4 Å². The highest BCUT2D eigenvalue weighted by Gasteiger charge is 2.42. The van der Waals surface area contributed by atoms with Crippen LogP contribution in [0.1, 0.15) is 40.0 Å². The first kappa shape index (κ1) is 21.8. The molecule has 0 radical (unpaired) electrons. The van der Waals surface area contributed by atoms with Gasteiger partial charge in [0.2, 0.25) is 5.91 Å². The first-order valence-electron chi connectivity index (χ1n) is 8.25. The molecule has 2 N–H and O–H groups in total. The fourth-order valence-corrected chi connectivity index (χ4v) is 2.52. The Morgan fingerprint density at radius 3 is 2.38 bits per heavy atom. The van der Waals surface area contributed by atoms with Gasteiger partial charge in [-0.15, -0.1) is 0 Å². The minimum absolute atomic E-state index is 0.0606. The van der Waals surface area contributed by atoms with Crippen LogP contribution in [-0.2, 0) is 38.1 Å². The first-order valence-corrected chi connectivity index (χ1v) is 8.25. The number of carboxylic acid groups (broad SMARTS) is 1. The molecule has 1 heterocycles. The second-order valence-corrected chi connectivity index (χ2v) is 5.91. The van der Waals surface area contributed by atoms with Gasteiger partial charge in [0.15, 0.2) is 6.29 Å². The Morgan fingerprint density at radius 2 is 1.85 bits per heavy atom. The number of ether oxygens (including phenoxy) is 4. The van der Waals surface area contributed by atoms with Crippen molar-refractivity contribution in [1.82, 2.24) is 5.32 Å². The van der Waals surface area contributed by atoms with E-state index < -0.39 is 42.4 Å². The summed E-state index contributed by atoms with van der Waals surface area (Å²) >= 11 is 0. The van der Waals surface area contributed by atoms with E-state index >= 15 is 0 Å². The summed E-state index contributed by atoms with van der Waals surface area (Å²) in [7, 11) is 0. The molecule has 1 aliphatic heterocycles. The molecule has 1 rings (SSSR count). The van der Waals surface area contributed by atoms with Crippen LogP contribution in [0.25, 0.3) is 0 Å². The summed E-state index contributed by atoms with van der Waals surface area (Å²) in [4.78, 5) is 44.5. The third kappa shape index (κ3) is 8.26. The fourth-order valence-electron chi connectivity index (χ4n) is 2.52. The van der Waals surface area contributed by atoms with E-state index in [1.807, 2.05) is 0 Å². The molecule has 10 nitrogen and oxygen atoms in total. The van der Waals surface area contributed by atoms with Crippen molar-refractivity contribution in [3.63, 3.8) is 0 Å². The Bertz CT molecular complexity index is 522. The molecule has 1 fully saturated rings. The molecule has 1 amide bonds. The third-order valence-corrected chi connectivity index (χ3v) is 3.49. The smallest absolute Gasteiger partial charge is 0.303 e. The monoisotopic (exact) mass is 375 g/mol. The molecule has 4 atom stereocenters. The maximum atomic E-state index is 11.5. The van der Waals surface area contributed by atoms with Gasteiger partial charge in [-0.1, -0.05) is 0 Å². The zero-order chi connectivity index (χ0) is 19.7. The van der Waals surface area contributed by atoms with Gasteiger partial charge in [-0.25, -0.2) is 0 Å². The number of carbonyl (C=O) groups is 4. The van der Waals surface area contributed by atoms with Crippen LogP contribution in [0.4, 0.5) is 0 Å². The lowest BCUT2D eigenvalue weighted by Crippen LogP contribution is -2.59. The van der Waals surface area contributed by atoms with Gasteiger partial charge in [0.05, 0.1) is 12.7 Å². The number of esters is 2. The van der Waals surface area contributed by atoms with Gasteiger partial charge < -0.3 is 29.4 Å². The van der Waals surface area contributed by atoms with Gasteiger partial charge in [0.25, 0.3) is 0 Å².